The first-order valence-corrected chi connectivity index (χ1v) is 7.18. The first-order chi connectivity index (χ1) is 10.5. The van der Waals surface area contributed by atoms with Crippen LogP contribution in [0.2, 0.25) is 10.0 Å². The first-order valence-electron chi connectivity index (χ1n) is 6.42. The fourth-order valence-electron chi connectivity index (χ4n) is 1.68. The number of benzene rings is 2. The van der Waals surface area contributed by atoms with Gasteiger partial charge >= 0.3 is 0 Å². The van der Waals surface area contributed by atoms with E-state index in [0.717, 1.165) is 0 Å². The molecule has 1 atom stereocenters. The van der Waals surface area contributed by atoms with Crippen LogP contribution in [0.3, 0.4) is 0 Å². The first kappa shape index (κ1) is 16.2. The number of nitriles is 1. The van der Waals surface area contributed by atoms with Crippen molar-refractivity contribution in [2.45, 2.75) is 13.0 Å². The topological polar surface area (TPSA) is 62.1 Å². The van der Waals surface area contributed by atoms with Crippen molar-refractivity contribution in [1.29, 1.82) is 5.26 Å². The summed E-state index contributed by atoms with van der Waals surface area (Å²) in [6, 6.07) is 13.4. The Bertz CT molecular complexity index is 724. The van der Waals surface area contributed by atoms with Gasteiger partial charge in [0.2, 0.25) is 0 Å². The van der Waals surface area contributed by atoms with Gasteiger partial charge in [-0.05, 0) is 43.3 Å². The number of nitrogens with one attached hydrogen (secondary N) is 1. The minimum Gasteiger partial charge on any atom is -0.481 e. The van der Waals surface area contributed by atoms with E-state index in [1.54, 1.807) is 49.4 Å². The smallest absolute Gasteiger partial charge is 0.265 e. The van der Waals surface area contributed by atoms with Gasteiger partial charge in [0.1, 0.15) is 5.75 Å². The van der Waals surface area contributed by atoms with Crippen LogP contribution in [-0.4, -0.2) is 12.0 Å². The van der Waals surface area contributed by atoms with Crippen molar-refractivity contribution < 1.29 is 9.53 Å². The highest BCUT2D eigenvalue weighted by Gasteiger charge is 2.15. The number of anilines is 1. The molecule has 1 amide bonds. The van der Waals surface area contributed by atoms with Gasteiger partial charge in [0.15, 0.2) is 6.10 Å². The van der Waals surface area contributed by atoms with Crippen LogP contribution >= 0.6 is 23.2 Å². The number of ether oxygens (including phenoxy) is 1. The summed E-state index contributed by atoms with van der Waals surface area (Å²) >= 11 is 11.7. The number of carbonyl (C=O) groups excluding carboxylic acids is 1. The van der Waals surface area contributed by atoms with Gasteiger partial charge in [-0.3, -0.25) is 4.79 Å². The molecule has 0 fully saturated rings. The summed E-state index contributed by atoms with van der Waals surface area (Å²) in [5, 5.41) is 12.2. The summed E-state index contributed by atoms with van der Waals surface area (Å²) in [4.78, 5) is 12.1. The second kappa shape index (κ2) is 7.17. The minimum absolute atomic E-state index is 0.309. The summed E-state index contributed by atoms with van der Waals surface area (Å²) in [6.07, 6.45) is -0.715. The Morgan fingerprint density at radius 1 is 1.18 bits per heavy atom. The predicted octanol–water partition coefficient (Wildman–Crippen LogP) is 4.27. The summed E-state index contributed by atoms with van der Waals surface area (Å²) in [6.45, 7) is 1.63. The second-order valence-corrected chi connectivity index (χ2v) is 5.33. The lowest BCUT2D eigenvalue weighted by molar-refractivity contribution is -0.122. The SMILES string of the molecule is CC(Oc1ccc(Cl)c(Cl)c1)C(=O)Nc1ccc(C#N)cc1. The average molecular weight is 335 g/mol. The number of halogens is 2. The van der Waals surface area contributed by atoms with Crippen LogP contribution < -0.4 is 10.1 Å². The van der Waals surface area contributed by atoms with E-state index in [4.69, 9.17) is 33.2 Å². The Kier molecular flexibility index (Phi) is 5.26. The molecule has 0 bridgehead atoms. The predicted molar refractivity (Wildman–Crippen MR) is 86.3 cm³/mol. The van der Waals surface area contributed by atoms with Gasteiger partial charge in [-0.25, -0.2) is 0 Å². The van der Waals surface area contributed by atoms with E-state index in [1.165, 1.54) is 0 Å². The maximum absolute atomic E-state index is 12.1. The zero-order valence-electron chi connectivity index (χ0n) is 11.6. The molecule has 6 heteroatoms. The van der Waals surface area contributed by atoms with Crippen molar-refractivity contribution in [2.75, 3.05) is 5.32 Å². The molecule has 4 nitrogen and oxygen atoms in total. The van der Waals surface area contributed by atoms with E-state index in [0.29, 0.717) is 27.0 Å². The number of nitrogens with zero attached hydrogens (tertiary/aromatic N) is 1. The fraction of sp³-hybridized carbons (Fsp3) is 0.125. The second-order valence-electron chi connectivity index (χ2n) is 4.51. The minimum atomic E-state index is -0.715. The van der Waals surface area contributed by atoms with E-state index in [2.05, 4.69) is 5.32 Å². The molecule has 112 valence electrons. The summed E-state index contributed by atoms with van der Waals surface area (Å²) in [7, 11) is 0. The standard InChI is InChI=1S/C16H12Cl2N2O2/c1-10(22-13-6-7-14(17)15(18)8-13)16(21)20-12-4-2-11(9-19)3-5-12/h2-8,10H,1H3,(H,20,21). The molecule has 0 heterocycles. The van der Waals surface area contributed by atoms with E-state index in [9.17, 15) is 4.79 Å². The van der Waals surface area contributed by atoms with E-state index in [1.807, 2.05) is 6.07 Å². The molecule has 2 rings (SSSR count). The van der Waals surface area contributed by atoms with Crippen LogP contribution in [0.1, 0.15) is 12.5 Å². The van der Waals surface area contributed by atoms with E-state index in [-0.39, 0.29) is 5.91 Å². The highest BCUT2D eigenvalue weighted by atomic mass is 35.5. The van der Waals surface area contributed by atoms with Crippen molar-refractivity contribution in [3.63, 3.8) is 0 Å². The lowest BCUT2D eigenvalue weighted by atomic mass is 10.2. The number of hydrogen-bond acceptors (Lipinski definition) is 3. The molecule has 0 radical (unpaired) electrons. The van der Waals surface area contributed by atoms with Crippen LogP contribution in [0.15, 0.2) is 42.5 Å². The third-order valence-electron chi connectivity index (χ3n) is 2.85. The number of rotatable bonds is 4. The van der Waals surface area contributed by atoms with Crippen molar-refractivity contribution in [3.8, 4) is 11.8 Å². The molecule has 2 aromatic carbocycles. The van der Waals surface area contributed by atoms with Gasteiger partial charge in [0.25, 0.3) is 5.91 Å². The van der Waals surface area contributed by atoms with Crippen molar-refractivity contribution in [3.05, 3.63) is 58.1 Å². The molecule has 22 heavy (non-hydrogen) atoms. The van der Waals surface area contributed by atoms with Crippen molar-refractivity contribution >= 4 is 34.8 Å². The Labute approximate surface area is 138 Å². The van der Waals surface area contributed by atoms with Gasteiger partial charge in [-0.1, -0.05) is 23.2 Å². The Morgan fingerprint density at radius 3 is 2.45 bits per heavy atom. The van der Waals surface area contributed by atoms with Gasteiger partial charge < -0.3 is 10.1 Å². The Hall–Kier alpha value is -2.22. The molecule has 0 spiro atoms. The molecule has 2 aromatic rings. The molecule has 1 unspecified atom stereocenters. The molecule has 0 aliphatic heterocycles. The molecule has 0 aromatic heterocycles. The lowest BCUT2D eigenvalue weighted by Crippen LogP contribution is -2.30. The molecule has 0 saturated carbocycles. The zero-order valence-corrected chi connectivity index (χ0v) is 13.2. The quantitative estimate of drug-likeness (QED) is 0.907. The molecule has 0 saturated heterocycles. The average Bonchev–Trinajstić information content (AvgIpc) is 2.51. The zero-order chi connectivity index (χ0) is 16.1. The lowest BCUT2D eigenvalue weighted by Gasteiger charge is -2.15. The highest BCUT2D eigenvalue weighted by molar-refractivity contribution is 6.42. The Morgan fingerprint density at radius 2 is 1.86 bits per heavy atom. The van der Waals surface area contributed by atoms with Gasteiger partial charge in [0, 0.05) is 11.8 Å². The van der Waals surface area contributed by atoms with Crippen LogP contribution in [0, 0.1) is 11.3 Å². The molecular formula is C16H12Cl2N2O2. The van der Waals surface area contributed by atoms with Gasteiger partial charge in [0.05, 0.1) is 21.7 Å². The molecular weight excluding hydrogens is 323 g/mol. The van der Waals surface area contributed by atoms with Gasteiger partial charge in [-0.15, -0.1) is 0 Å². The van der Waals surface area contributed by atoms with Crippen LogP contribution in [0.25, 0.3) is 0 Å². The van der Waals surface area contributed by atoms with Crippen LogP contribution in [-0.2, 0) is 4.79 Å². The van der Waals surface area contributed by atoms with E-state index < -0.39 is 6.10 Å². The largest absolute Gasteiger partial charge is 0.481 e. The van der Waals surface area contributed by atoms with Crippen LogP contribution in [0.5, 0.6) is 5.75 Å². The molecule has 0 aliphatic rings. The normalized spacial score (nSPS) is 11.4. The van der Waals surface area contributed by atoms with Crippen LogP contribution in [0.4, 0.5) is 5.69 Å². The number of carbonyl (C=O) groups is 1. The van der Waals surface area contributed by atoms with Crippen molar-refractivity contribution in [1.82, 2.24) is 0 Å². The van der Waals surface area contributed by atoms with Gasteiger partial charge in [-0.2, -0.15) is 5.26 Å². The number of amides is 1. The third-order valence-corrected chi connectivity index (χ3v) is 3.59. The van der Waals surface area contributed by atoms with Crippen molar-refractivity contribution in [2.24, 2.45) is 0 Å². The maximum Gasteiger partial charge on any atom is 0.265 e. The molecule has 0 aliphatic carbocycles. The summed E-state index contributed by atoms with van der Waals surface area (Å²) < 4.78 is 5.52. The Balaban J connectivity index is 1.99. The van der Waals surface area contributed by atoms with E-state index >= 15 is 0 Å². The molecule has 1 N–H and O–H groups in total. The summed E-state index contributed by atoms with van der Waals surface area (Å²) in [5.74, 6) is 0.146. The summed E-state index contributed by atoms with van der Waals surface area (Å²) in [5.41, 5.74) is 1.12. The maximum atomic E-state index is 12.1. The number of hydrogen-bond donors (Lipinski definition) is 1. The monoisotopic (exact) mass is 334 g/mol. The highest BCUT2D eigenvalue weighted by Crippen LogP contribution is 2.27. The third kappa shape index (κ3) is 4.14. The fourth-order valence-corrected chi connectivity index (χ4v) is 1.97.